The van der Waals surface area contributed by atoms with E-state index >= 15 is 0 Å². The summed E-state index contributed by atoms with van der Waals surface area (Å²) in [6.07, 6.45) is 2.51. The molecule has 0 spiro atoms. The number of aryl methyl sites for hydroxylation is 1. The maximum absolute atomic E-state index is 10.7. The van der Waals surface area contributed by atoms with Crippen LogP contribution in [-0.2, 0) is 6.42 Å². The molecule has 4 nitrogen and oxygen atoms in total. The molecule has 76 valence electrons. The number of nitrogens with zero attached hydrogens (tertiary/aromatic N) is 1. The maximum atomic E-state index is 10.7. The SMILES string of the molecule is CCCCc1cccc(O)c1[N+](=O)[O-]. The zero-order valence-electron chi connectivity index (χ0n) is 8.06. The Morgan fingerprint density at radius 3 is 2.79 bits per heavy atom. The van der Waals surface area contributed by atoms with Gasteiger partial charge in [0.15, 0.2) is 5.75 Å². The van der Waals surface area contributed by atoms with Crippen molar-refractivity contribution in [3.05, 3.63) is 33.9 Å². The van der Waals surface area contributed by atoms with Gasteiger partial charge >= 0.3 is 5.69 Å². The topological polar surface area (TPSA) is 63.4 Å². The lowest BCUT2D eigenvalue weighted by molar-refractivity contribution is -0.386. The predicted molar refractivity (Wildman–Crippen MR) is 53.4 cm³/mol. The first-order valence-electron chi connectivity index (χ1n) is 4.62. The van der Waals surface area contributed by atoms with E-state index in [1.165, 1.54) is 6.07 Å². The lowest BCUT2D eigenvalue weighted by Gasteiger charge is -2.02. The minimum Gasteiger partial charge on any atom is -0.502 e. The molecular weight excluding hydrogens is 182 g/mol. The quantitative estimate of drug-likeness (QED) is 0.593. The van der Waals surface area contributed by atoms with Crippen molar-refractivity contribution in [1.82, 2.24) is 0 Å². The van der Waals surface area contributed by atoms with E-state index in [1.807, 2.05) is 6.92 Å². The van der Waals surface area contributed by atoms with Crippen LogP contribution in [-0.4, -0.2) is 10.0 Å². The highest BCUT2D eigenvalue weighted by Crippen LogP contribution is 2.30. The van der Waals surface area contributed by atoms with E-state index in [9.17, 15) is 15.2 Å². The molecular formula is C10H13NO3. The van der Waals surface area contributed by atoms with Crippen LogP contribution in [0, 0.1) is 10.1 Å². The normalized spacial score (nSPS) is 10.1. The third kappa shape index (κ3) is 2.22. The molecule has 0 atom stereocenters. The van der Waals surface area contributed by atoms with Gasteiger partial charge in [0, 0.05) is 5.56 Å². The summed E-state index contributed by atoms with van der Waals surface area (Å²) in [5.41, 5.74) is 0.456. The second-order valence-corrected chi connectivity index (χ2v) is 3.15. The molecule has 0 saturated carbocycles. The van der Waals surface area contributed by atoms with Crippen LogP contribution >= 0.6 is 0 Å². The Balaban J connectivity index is 3.02. The number of nitro groups is 1. The van der Waals surface area contributed by atoms with Gasteiger partial charge in [0.1, 0.15) is 0 Å². The molecule has 1 N–H and O–H groups in total. The van der Waals surface area contributed by atoms with Crippen LogP contribution in [0.2, 0.25) is 0 Å². The molecule has 0 aliphatic heterocycles. The van der Waals surface area contributed by atoms with E-state index in [1.54, 1.807) is 12.1 Å². The lowest BCUT2D eigenvalue weighted by Crippen LogP contribution is -1.95. The van der Waals surface area contributed by atoms with Crippen LogP contribution in [0.5, 0.6) is 5.75 Å². The average Bonchev–Trinajstić information content (AvgIpc) is 2.14. The van der Waals surface area contributed by atoms with Gasteiger partial charge in [-0.1, -0.05) is 25.5 Å². The van der Waals surface area contributed by atoms with Crippen LogP contribution < -0.4 is 0 Å². The fraction of sp³-hybridized carbons (Fsp3) is 0.400. The molecule has 0 unspecified atom stereocenters. The Kier molecular flexibility index (Phi) is 3.45. The third-order valence-electron chi connectivity index (χ3n) is 2.08. The van der Waals surface area contributed by atoms with Crippen molar-refractivity contribution in [2.75, 3.05) is 0 Å². The molecule has 0 bridgehead atoms. The van der Waals surface area contributed by atoms with Crippen LogP contribution in [0.25, 0.3) is 0 Å². The summed E-state index contributed by atoms with van der Waals surface area (Å²) < 4.78 is 0. The van der Waals surface area contributed by atoms with Crippen LogP contribution in [0.1, 0.15) is 25.3 Å². The fourth-order valence-corrected chi connectivity index (χ4v) is 1.36. The summed E-state index contributed by atoms with van der Waals surface area (Å²) in [6.45, 7) is 2.02. The van der Waals surface area contributed by atoms with Crippen molar-refractivity contribution < 1.29 is 10.0 Å². The summed E-state index contributed by atoms with van der Waals surface area (Å²) >= 11 is 0. The predicted octanol–water partition coefficient (Wildman–Crippen LogP) is 2.64. The minimum absolute atomic E-state index is 0.152. The van der Waals surface area contributed by atoms with Crippen LogP contribution in [0.15, 0.2) is 18.2 Å². The Morgan fingerprint density at radius 2 is 2.21 bits per heavy atom. The molecule has 0 amide bonds. The minimum atomic E-state index is -0.527. The van der Waals surface area contributed by atoms with Gasteiger partial charge in [-0.05, 0) is 18.9 Å². The summed E-state index contributed by atoms with van der Waals surface area (Å²) in [6, 6.07) is 4.66. The van der Waals surface area contributed by atoms with Gasteiger partial charge in [0.25, 0.3) is 0 Å². The molecule has 1 aromatic rings. The van der Waals surface area contributed by atoms with E-state index < -0.39 is 4.92 Å². The van der Waals surface area contributed by atoms with E-state index in [-0.39, 0.29) is 11.4 Å². The number of hydrogen-bond acceptors (Lipinski definition) is 3. The number of aromatic hydroxyl groups is 1. The van der Waals surface area contributed by atoms with E-state index in [4.69, 9.17) is 0 Å². The van der Waals surface area contributed by atoms with Gasteiger partial charge < -0.3 is 5.11 Å². The fourth-order valence-electron chi connectivity index (χ4n) is 1.36. The van der Waals surface area contributed by atoms with Gasteiger partial charge in [-0.15, -0.1) is 0 Å². The van der Waals surface area contributed by atoms with Gasteiger partial charge in [-0.2, -0.15) is 0 Å². The van der Waals surface area contributed by atoms with Crippen molar-refractivity contribution in [1.29, 1.82) is 0 Å². The second kappa shape index (κ2) is 4.60. The molecule has 1 rings (SSSR count). The van der Waals surface area contributed by atoms with Crippen LogP contribution in [0.3, 0.4) is 0 Å². The number of rotatable bonds is 4. The van der Waals surface area contributed by atoms with Gasteiger partial charge in [0.05, 0.1) is 4.92 Å². The van der Waals surface area contributed by atoms with Gasteiger partial charge in [-0.3, -0.25) is 10.1 Å². The average molecular weight is 195 g/mol. The number of para-hydroxylation sites is 1. The zero-order valence-corrected chi connectivity index (χ0v) is 8.06. The molecule has 0 aliphatic carbocycles. The first kappa shape index (κ1) is 10.5. The molecule has 0 radical (unpaired) electrons. The number of unbranched alkanes of at least 4 members (excludes halogenated alkanes) is 1. The lowest BCUT2D eigenvalue weighted by atomic mass is 10.1. The van der Waals surface area contributed by atoms with E-state index in [2.05, 4.69) is 0 Å². The summed E-state index contributed by atoms with van der Waals surface area (Å²) in [5, 5.41) is 20.0. The highest BCUT2D eigenvalue weighted by atomic mass is 16.6. The first-order valence-corrected chi connectivity index (χ1v) is 4.62. The van der Waals surface area contributed by atoms with Crippen molar-refractivity contribution in [2.45, 2.75) is 26.2 Å². The highest BCUT2D eigenvalue weighted by molar-refractivity contribution is 5.51. The molecule has 0 fully saturated rings. The molecule has 1 aromatic carbocycles. The summed E-state index contributed by atoms with van der Waals surface area (Å²) in [7, 11) is 0. The monoisotopic (exact) mass is 195 g/mol. The number of phenols is 1. The Bertz CT molecular complexity index is 336. The van der Waals surface area contributed by atoms with Gasteiger partial charge in [-0.25, -0.2) is 0 Å². The molecule has 4 heteroatoms. The Hall–Kier alpha value is -1.58. The summed E-state index contributed by atoms with van der Waals surface area (Å²) in [5.74, 6) is -0.247. The molecule has 0 heterocycles. The van der Waals surface area contributed by atoms with Crippen molar-refractivity contribution in [3.8, 4) is 5.75 Å². The van der Waals surface area contributed by atoms with Gasteiger partial charge in [0.2, 0.25) is 0 Å². The van der Waals surface area contributed by atoms with Crippen molar-refractivity contribution in [2.24, 2.45) is 0 Å². The number of phenolic OH excluding ortho intramolecular Hbond substituents is 1. The number of benzene rings is 1. The molecule has 0 aliphatic rings. The smallest absolute Gasteiger partial charge is 0.313 e. The number of nitro benzene ring substituents is 1. The van der Waals surface area contributed by atoms with Crippen molar-refractivity contribution in [3.63, 3.8) is 0 Å². The first-order chi connectivity index (χ1) is 6.66. The third-order valence-corrected chi connectivity index (χ3v) is 2.08. The largest absolute Gasteiger partial charge is 0.502 e. The zero-order chi connectivity index (χ0) is 10.6. The van der Waals surface area contributed by atoms with Crippen LogP contribution in [0.4, 0.5) is 5.69 Å². The highest BCUT2D eigenvalue weighted by Gasteiger charge is 2.17. The molecule has 14 heavy (non-hydrogen) atoms. The Morgan fingerprint density at radius 1 is 1.50 bits per heavy atom. The number of hydrogen-bond donors (Lipinski definition) is 1. The Labute approximate surface area is 82.3 Å². The molecule has 0 aromatic heterocycles. The van der Waals surface area contributed by atoms with E-state index in [0.29, 0.717) is 12.0 Å². The maximum Gasteiger partial charge on any atom is 0.313 e. The molecule has 0 saturated heterocycles. The summed E-state index contributed by atoms with van der Waals surface area (Å²) in [4.78, 5) is 10.1. The second-order valence-electron chi connectivity index (χ2n) is 3.15. The van der Waals surface area contributed by atoms with E-state index in [0.717, 1.165) is 12.8 Å². The standard InChI is InChI=1S/C10H13NO3/c1-2-3-5-8-6-4-7-9(12)10(8)11(13)14/h4,6-7,12H,2-3,5H2,1H3. The van der Waals surface area contributed by atoms with Crippen molar-refractivity contribution >= 4 is 5.69 Å².